The molecule has 8 nitrogen and oxygen atoms in total. The number of pyridine rings is 1. The number of nitrogens with one attached hydrogen (secondary N) is 1. The Hall–Kier alpha value is -3.43. The molecule has 1 aliphatic heterocycles. The summed E-state index contributed by atoms with van der Waals surface area (Å²) in [6.45, 7) is 2.62. The Morgan fingerprint density at radius 1 is 1.14 bits per heavy atom. The Bertz CT molecular complexity index is 1450. The molecular formula is C26H26N4O4S. The number of aryl methyl sites for hydroxylation is 1. The molecule has 1 N–H and O–H groups in total. The lowest BCUT2D eigenvalue weighted by Gasteiger charge is -2.22. The summed E-state index contributed by atoms with van der Waals surface area (Å²) in [7, 11) is 1.64. The molecule has 0 spiro atoms. The highest BCUT2D eigenvalue weighted by molar-refractivity contribution is 7.21. The maximum absolute atomic E-state index is 13.1. The highest BCUT2D eigenvalue weighted by atomic mass is 32.1. The molecule has 1 saturated carbocycles. The molecular weight excluding hydrogens is 464 g/mol. The van der Waals surface area contributed by atoms with Crippen molar-refractivity contribution < 1.29 is 19.1 Å². The van der Waals surface area contributed by atoms with Crippen molar-refractivity contribution in [2.75, 3.05) is 13.7 Å². The molecule has 2 fully saturated rings. The first kappa shape index (κ1) is 22.1. The van der Waals surface area contributed by atoms with Crippen LogP contribution in [0.5, 0.6) is 11.5 Å². The minimum absolute atomic E-state index is 0.0361. The fourth-order valence-electron chi connectivity index (χ4n) is 4.71. The standard InChI is InChI=1S/C26H26N4O4S/c1-15-12-16-13-18(7-8-20(16)30(15)26(32)28-17-5-6-17)34-21-9-10-27-19-14-22(35-24(19)21)25(31)29-11-3-4-23(29)33-2/h7-10,12-14,17,23H,3-6,11H2,1-2H3,(H,28,32). The van der Waals surface area contributed by atoms with Crippen molar-refractivity contribution in [1.29, 1.82) is 0 Å². The molecule has 1 atom stereocenters. The zero-order valence-corrected chi connectivity index (χ0v) is 20.4. The van der Waals surface area contributed by atoms with E-state index in [-0.39, 0.29) is 18.2 Å². The van der Waals surface area contributed by atoms with Crippen LogP contribution in [-0.4, -0.2) is 52.3 Å². The third kappa shape index (κ3) is 4.04. The van der Waals surface area contributed by atoms with Crippen molar-refractivity contribution in [3.8, 4) is 11.5 Å². The average Bonchev–Trinajstić information content (AvgIpc) is 3.24. The molecule has 1 unspecified atom stereocenters. The largest absolute Gasteiger partial charge is 0.456 e. The molecule has 4 heterocycles. The Balaban J connectivity index is 1.28. The number of likely N-dealkylation sites (tertiary alicyclic amines) is 1. The summed E-state index contributed by atoms with van der Waals surface area (Å²) in [4.78, 5) is 32.6. The molecule has 1 saturated heterocycles. The average molecular weight is 491 g/mol. The molecule has 2 aliphatic rings. The van der Waals surface area contributed by atoms with Crippen molar-refractivity contribution in [3.63, 3.8) is 0 Å². The van der Waals surface area contributed by atoms with Gasteiger partial charge in [0.15, 0.2) is 0 Å². The maximum atomic E-state index is 13.1. The van der Waals surface area contributed by atoms with Crippen molar-refractivity contribution >= 4 is 44.4 Å². The molecule has 35 heavy (non-hydrogen) atoms. The molecule has 9 heteroatoms. The number of nitrogens with zero attached hydrogens (tertiary/aromatic N) is 3. The molecule has 2 amide bonds. The van der Waals surface area contributed by atoms with Gasteiger partial charge in [0.05, 0.1) is 20.6 Å². The van der Waals surface area contributed by atoms with Crippen LogP contribution < -0.4 is 10.1 Å². The van der Waals surface area contributed by atoms with Gasteiger partial charge in [-0.05, 0) is 62.9 Å². The van der Waals surface area contributed by atoms with Gasteiger partial charge in [0.25, 0.3) is 5.91 Å². The normalized spacial score (nSPS) is 17.9. The number of thiophene rings is 1. The van der Waals surface area contributed by atoms with E-state index in [1.54, 1.807) is 22.8 Å². The number of amides is 2. The molecule has 0 bridgehead atoms. The number of hydrogen-bond donors (Lipinski definition) is 1. The van der Waals surface area contributed by atoms with E-state index in [2.05, 4.69) is 10.3 Å². The Labute approximate surface area is 206 Å². The summed E-state index contributed by atoms with van der Waals surface area (Å²) in [6.07, 6.45) is 5.39. The van der Waals surface area contributed by atoms with E-state index in [1.165, 1.54) is 11.3 Å². The highest BCUT2D eigenvalue weighted by Crippen LogP contribution is 2.37. The van der Waals surface area contributed by atoms with Crippen LogP contribution in [0.4, 0.5) is 4.79 Å². The minimum atomic E-state index is -0.176. The smallest absolute Gasteiger partial charge is 0.326 e. The number of aromatic nitrogens is 2. The van der Waals surface area contributed by atoms with Gasteiger partial charge in [0.1, 0.15) is 17.7 Å². The van der Waals surface area contributed by atoms with Crippen molar-refractivity contribution in [2.45, 2.75) is 44.9 Å². The van der Waals surface area contributed by atoms with Crippen molar-refractivity contribution in [2.24, 2.45) is 0 Å². The van der Waals surface area contributed by atoms with Crippen LogP contribution >= 0.6 is 11.3 Å². The van der Waals surface area contributed by atoms with E-state index in [9.17, 15) is 9.59 Å². The molecule has 180 valence electrons. The van der Waals surface area contributed by atoms with Crippen LogP contribution in [0.3, 0.4) is 0 Å². The lowest BCUT2D eigenvalue weighted by atomic mass is 10.2. The zero-order valence-electron chi connectivity index (χ0n) is 19.6. The van der Waals surface area contributed by atoms with Gasteiger partial charge in [0, 0.05) is 43.0 Å². The van der Waals surface area contributed by atoms with E-state index >= 15 is 0 Å². The predicted molar refractivity (Wildman–Crippen MR) is 134 cm³/mol. The SMILES string of the molecule is COC1CCCN1C(=O)c1cc2nccc(Oc3ccc4c(c3)cc(C)n4C(=O)NC3CC3)c2s1. The topological polar surface area (TPSA) is 85.7 Å². The second kappa shape index (κ2) is 8.66. The second-order valence-electron chi connectivity index (χ2n) is 9.13. The van der Waals surface area contributed by atoms with E-state index in [1.807, 2.05) is 43.3 Å². The number of rotatable bonds is 5. The van der Waals surface area contributed by atoms with E-state index in [0.29, 0.717) is 29.0 Å². The van der Waals surface area contributed by atoms with Gasteiger partial charge in [-0.1, -0.05) is 0 Å². The first-order valence-electron chi connectivity index (χ1n) is 11.8. The number of benzene rings is 1. The number of ether oxygens (including phenoxy) is 2. The summed E-state index contributed by atoms with van der Waals surface area (Å²) < 4.78 is 14.3. The van der Waals surface area contributed by atoms with E-state index < -0.39 is 0 Å². The lowest BCUT2D eigenvalue weighted by molar-refractivity contribution is 0.00195. The summed E-state index contributed by atoms with van der Waals surface area (Å²) in [5.41, 5.74) is 2.44. The molecule has 4 aromatic rings. The van der Waals surface area contributed by atoms with E-state index in [0.717, 1.165) is 52.5 Å². The predicted octanol–water partition coefficient (Wildman–Crippen LogP) is 5.28. The molecule has 6 rings (SSSR count). The van der Waals surface area contributed by atoms with Crippen LogP contribution in [0.1, 0.15) is 41.0 Å². The van der Waals surface area contributed by atoms with Gasteiger partial charge in [0.2, 0.25) is 0 Å². The van der Waals surface area contributed by atoms with Crippen molar-refractivity contribution in [3.05, 3.63) is 53.2 Å². The highest BCUT2D eigenvalue weighted by Gasteiger charge is 2.30. The summed E-state index contributed by atoms with van der Waals surface area (Å²) >= 11 is 1.38. The van der Waals surface area contributed by atoms with Gasteiger partial charge in [-0.3, -0.25) is 14.3 Å². The fourth-order valence-corrected chi connectivity index (χ4v) is 5.74. The maximum Gasteiger partial charge on any atom is 0.326 e. The van der Waals surface area contributed by atoms with Crippen LogP contribution in [0.2, 0.25) is 0 Å². The molecule has 1 aromatic carbocycles. The summed E-state index contributed by atoms with van der Waals surface area (Å²) in [6, 6.07) is 11.5. The summed E-state index contributed by atoms with van der Waals surface area (Å²) in [5.74, 6) is 1.27. The van der Waals surface area contributed by atoms with Crippen LogP contribution in [0, 0.1) is 6.92 Å². The van der Waals surface area contributed by atoms with Gasteiger partial charge in [-0.2, -0.15) is 0 Å². The zero-order chi connectivity index (χ0) is 24.1. The number of methoxy groups -OCH3 is 1. The first-order valence-corrected chi connectivity index (χ1v) is 12.7. The summed E-state index contributed by atoms with van der Waals surface area (Å²) in [5, 5.41) is 3.98. The monoisotopic (exact) mass is 490 g/mol. The van der Waals surface area contributed by atoms with Gasteiger partial charge in [-0.15, -0.1) is 11.3 Å². The Kier molecular flexibility index (Phi) is 5.46. The van der Waals surface area contributed by atoms with E-state index in [4.69, 9.17) is 9.47 Å². The Morgan fingerprint density at radius 2 is 2.00 bits per heavy atom. The molecule has 0 radical (unpaired) electrons. The number of carbonyl (C=O) groups is 2. The third-order valence-electron chi connectivity index (χ3n) is 6.61. The molecule has 3 aromatic heterocycles. The molecule has 1 aliphatic carbocycles. The second-order valence-corrected chi connectivity index (χ2v) is 10.2. The van der Waals surface area contributed by atoms with Gasteiger partial charge in [-0.25, -0.2) is 4.79 Å². The van der Waals surface area contributed by atoms with Crippen LogP contribution in [0.25, 0.3) is 21.1 Å². The number of hydrogen-bond acceptors (Lipinski definition) is 6. The minimum Gasteiger partial charge on any atom is -0.456 e. The quantitative estimate of drug-likeness (QED) is 0.411. The first-order chi connectivity index (χ1) is 17.0. The number of fused-ring (bicyclic) bond motifs is 2. The van der Waals surface area contributed by atoms with Crippen LogP contribution in [0.15, 0.2) is 42.6 Å². The van der Waals surface area contributed by atoms with Crippen molar-refractivity contribution in [1.82, 2.24) is 19.8 Å². The van der Waals surface area contributed by atoms with Gasteiger partial charge < -0.3 is 19.7 Å². The van der Waals surface area contributed by atoms with Crippen LogP contribution in [-0.2, 0) is 4.74 Å². The fraction of sp³-hybridized carbons (Fsp3) is 0.346. The third-order valence-corrected chi connectivity index (χ3v) is 7.74. The number of carbonyl (C=O) groups excluding carboxylic acids is 2. The van der Waals surface area contributed by atoms with Gasteiger partial charge >= 0.3 is 6.03 Å². The lowest BCUT2D eigenvalue weighted by Crippen LogP contribution is -2.36. The Morgan fingerprint density at radius 3 is 2.80 bits per heavy atom.